The van der Waals surface area contributed by atoms with Gasteiger partial charge in [-0.15, -0.1) is 0 Å². The van der Waals surface area contributed by atoms with Crippen LogP contribution >= 0.6 is 0 Å². The van der Waals surface area contributed by atoms with E-state index in [0.29, 0.717) is 12.2 Å². The molecule has 2 heterocycles. The lowest BCUT2D eigenvalue weighted by Gasteiger charge is -2.14. The van der Waals surface area contributed by atoms with E-state index in [0.717, 1.165) is 11.3 Å². The van der Waals surface area contributed by atoms with Gasteiger partial charge in [-0.05, 0) is 24.1 Å². The van der Waals surface area contributed by atoms with Crippen LogP contribution in [0.1, 0.15) is 17.3 Å². The Balaban J connectivity index is 2.18. The van der Waals surface area contributed by atoms with E-state index in [4.69, 9.17) is 11.6 Å². The normalized spacial score (nSPS) is 12.6. The standard InChI is InChI=1S/C11H16N6/c1-17-6-4-9(16-17)10(15-13)7-8-3-2-5-14-11(8)12/h2-6,10,15H,7,13H2,1H3,(H2,12,14). The zero-order valence-corrected chi connectivity index (χ0v) is 9.67. The highest BCUT2D eigenvalue weighted by molar-refractivity contribution is 5.39. The van der Waals surface area contributed by atoms with Crippen LogP contribution < -0.4 is 17.0 Å². The predicted molar refractivity (Wildman–Crippen MR) is 65.6 cm³/mol. The van der Waals surface area contributed by atoms with Crippen molar-refractivity contribution in [3.05, 3.63) is 41.9 Å². The van der Waals surface area contributed by atoms with Gasteiger partial charge in [0.15, 0.2) is 0 Å². The maximum atomic E-state index is 5.80. The zero-order valence-electron chi connectivity index (χ0n) is 9.67. The van der Waals surface area contributed by atoms with Gasteiger partial charge in [-0.3, -0.25) is 16.0 Å². The number of pyridine rings is 1. The third kappa shape index (κ3) is 2.61. The number of hydrogen-bond donors (Lipinski definition) is 3. The smallest absolute Gasteiger partial charge is 0.126 e. The van der Waals surface area contributed by atoms with E-state index in [1.807, 2.05) is 31.4 Å². The molecule has 0 saturated carbocycles. The molecule has 6 heteroatoms. The van der Waals surface area contributed by atoms with Gasteiger partial charge in [0.05, 0.1) is 11.7 Å². The summed E-state index contributed by atoms with van der Waals surface area (Å²) in [4.78, 5) is 4.05. The monoisotopic (exact) mass is 232 g/mol. The number of aryl methyl sites for hydroxylation is 1. The maximum absolute atomic E-state index is 5.80. The highest BCUT2D eigenvalue weighted by atomic mass is 15.3. The van der Waals surface area contributed by atoms with Gasteiger partial charge in [0, 0.05) is 19.4 Å². The van der Waals surface area contributed by atoms with Crippen LogP contribution in [0, 0.1) is 0 Å². The second-order valence-electron chi connectivity index (χ2n) is 3.89. The summed E-state index contributed by atoms with van der Waals surface area (Å²) in [6, 6.07) is 5.66. The van der Waals surface area contributed by atoms with Crippen LogP contribution in [-0.2, 0) is 13.5 Å². The lowest BCUT2D eigenvalue weighted by molar-refractivity contribution is 0.529. The summed E-state index contributed by atoms with van der Waals surface area (Å²) in [6.07, 6.45) is 4.21. The first-order valence-electron chi connectivity index (χ1n) is 5.35. The number of nitrogens with zero attached hydrogens (tertiary/aromatic N) is 3. The maximum Gasteiger partial charge on any atom is 0.126 e. The lowest BCUT2D eigenvalue weighted by atomic mass is 10.0. The fourth-order valence-electron chi connectivity index (χ4n) is 1.71. The molecule has 0 aliphatic carbocycles. The summed E-state index contributed by atoms with van der Waals surface area (Å²) in [5.41, 5.74) is 10.4. The number of hydrogen-bond acceptors (Lipinski definition) is 5. The fourth-order valence-corrected chi connectivity index (χ4v) is 1.71. The van der Waals surface area contributed by atoms with Crippen molar-refractivity contribution in [1.82, 2.24) is 20.2 Å². The van der Waals surface area contributed by atoms with Crippen molar-refractivity contribution in [3.8, 4) is 0 Å². The summed E-state index contributed by atoms with van der Waals surface area (Å²) in [5.74, 6) is 6.08. The largest absolute Gasteiger partial charge is 0.383 e. The average molecular weight is 232 g/mol. The minimum atomic E-state index is -0.0669. The Morgan fingerprint density at radius 3 is 2.88 bits per heavy atom. The fraction of sp³-hybridized carbons (Fsp3) is 0.273. The molecule has 0 bridgehead atoms. The number of rotatable bonds is 4. The summed E-state index contributed by atoms with van der Waals surface area (Å²) in [6.45, 7) is 0. The van der Waals surface area contributed by atoms with Gasteiger partial charge in [0.1, 0.15) is 5.82 Å². The topological polar surface area (TPSA) is 94.8 Å². The molecule has 0 aliphatic rings. The average Bonchev–Trinajstić information content (AvgIpc) is 2.75. The molecular formula is C11H16N6. The Kier molecular flexibility index (Phi) is 3.36. The number of nitrogen functional groups attached to an aromatic ring is 1. The highest BCUT2D eigenvalue weighted by Crippen LogP contribution is 2.18. The Hall–Kier alpha value is -1.92. The first kappa shape index (κ1) is 11.6. The molecule has 90 valence electrons. The van der Waals surface area contributed by atoms with Gasteiger partial charge in [-0.25, -0.2) is 4.98 Å². The molecule has 0 aliphatic heterocycles. The van der Waals surface area contributed by atoms with Gasteiger partial charge in [0.25, 0.3) is 0 Å². The lowest BCUT2D eigenvalue weighted by Crippen LogP contribution is -2.30. The van der Waals surface area contributed by atoms with Crippen LogP contribution in [-0.4, -0.2) is 14.8 Å². The Bertz CT molecular complexity index is 492. The van der Waals surface area contributed by atoms with E-state index in [1.54, 1.807) is 10.9 Å². The van der Waals surface area contributed by atoms with Crippen molar-refractivity contribution in [1.29, 1.82) is 0 Å². The molecule has 0 saturated heterocycles. The minimum Gasteiger partial charge on any atom is -0.383 e. The van der Waals surface area contributed by atoms with Crippen LogP contribution in [0.5, 0.6) is 0 Å². The summed E-state index contributed by atoms with van der Waals surface area (Å²) in [7, 11) is 1.87. The van der Waals surface area contributed by atoms with Crippen LogP contribution in [0.25, 0.3) is 0 Å². The number of nitrogens with two attached hydrogens (primary N) is 2. The number of anilines is 1. The molecule has 17 heavy (non-hydrogen) atoms. The van der Waals surface area contributed by atoms with Gasteiger partial charge < -0.3 is 5.73 Å². The summed E-state index contributed by atoms with van der Waals surface area (Å²) < 4.78 is 1.74. The SMILES string of the molecule is Cn1ccc(C(Cc2cccnc2N)NN)n1. The van der Waals surface area contributed by atoms with Gasteiger partial charge in [0.2, 0.25) is 0 Å². The molecule has 1 unspecified atom stereocenters. The number of nitrogens with one attached hydrogen (secondary N) is 1. The molecule has 6 nitrogen and oxygen atoms in total. The van der Waals surface area contributed by atoms with E-state index < -0.39 is 0 Å². The molecule has 2 aromatic heterocycles. The summed E-state index contributed by atoms with van der Waals surface area (Å²) >= 11 is 0. The van der Waals surface area contributed by atoms with Gasteiger partial charge in [-0.1, -0.05) is 6.07 Å². The third-order valence-corrected chi connectivity index (χ3v) is 2.64. The quantitative estimate of drug-likeness (QED) is 0.515. The van der Waals surface area contributed by atoms with Gasteiger partial charge >= 0.3 is 0 Å². The second kappa shape index (κ2) is 4.94. The molecule has 5 N–H and O–H groups in total. The van der Waals surface area contributed by atoms with Crippen LogP contribution in [0.15, 0.2) is 30.6 Å². The van der Waals surface area contributed by atoms with Crippen molar-refractivity contribution in [2.24, 2.45) is 12.9 Å². The summed E-state index contributed by atoms with van der Waals surface area (Å²) in [5, 5.41) is 4.32. The number of aromatic nitrogens is 3. The van der Waals surface area contributed by atoms with E-state index >= 15 is 0 Å². The van der Waals surface area contributed by atoms with E-state index in [9.17, 15) is 0 Å². The molecule has 0 radical (unpaired) electrons. The first-order valence-corrected chi connectivity index (χ1v) is 5.35. The molecule has 0 aromatic carbocycles. The molecule has 2 rings (SSSR count). The predicted octanol–water partition coefficient (Wildman–Crippen LogP) is 0.144. The van der Waals surface area contributed by atoms with E-state index in [1.165, 1.54) is 0 Å². The Morgan fingerprint density at radius 1 is 1.47 bits per heavy atom. The van der Waals surface area contributed by atoms with Crippen molar-refractivity contribution in [2.45, 2.75) is 12.5 Å². The van der Waals surface area contributed by atoms with Crippen molar-refractivity contribution in [2.75, 3.05) is 5.73 Å². The molecule has 0 amide bonds. The molecule has 2 aromatic rings. The van der Waals surface area contributed by atoms with Crippen molar-refractivity contribution >= 4 is 5.82 Å². The Labute approximate surface area is 99.6 Å². The molecule has 1 atom stereocenters. The minimum absolute atomic E-state index is 0.0669. The molecule has 0 fully saturated rings. The number of hydrazine groups is 1. The van der Waals surface area contributed by atoms with E-state index in [-0.39, 0.29) is 6.04 Å². The zero-order chi connectivity index (χ0) is 12.3. The van der Waals surface area contributed by atoms with E-state index in [2.05, 4.69) is 15.5 Å². The van der Waals surface area contributed by atoms with Crippen LogP contribution in [0.3, 0.4) is 0 Å². The van der Waals surface area contributed by atoms with Gasteiger partial charge in [-0.2, -0.15) is 5.10 Å². The first-order chi connectivity index (χ1) is 8.20. The second-order valence-corrected chi connectivity index (χ2v) is 3.89. The van der Waals surface area contributed by atoms with Crippen LogP contribution in [0.2, 0.25) is 0 Å². The molecule has 0 spiro atoms. The Morgan fingerprint density at radius 2 is 2.29 bits per heavy atom. The van der Waals surface area contributed by atoms with Crippen molar-refractivity contribution in [3.63, 3.8) is 0 Å². The molecular weight excluding hydrogens is 216 g/mol. The van der Waals surface area contributed by atoms with Crippen molar-refractivity contribution < 1.29 is 0 Å². The highest BCUT2D eigenvalue weighted by Gasteiger charge is 2.14. The third-order valence-electron chi connectivity index (χ3n) is 2.64. The van der Waals surface area contributed by atoms with Crippen LogP contribution in [0.4, 0.5) is 5.82 Å².